The summed E-state index contributed by atoms with van der Waals surface area (Å²) in [6, 6.07) is 0. The third kappa shape index (κ3) is 3.35. The van der Waals surface area contributed by atoms with Crippen molar-refractivity contribution in [3.63, 3.8) is 0 Å². The maximum Gasteiger partial charge on any atom is 1.00 e. The van der Waals surface area contributed by atoms with Crippen LogP contribution < -0.4 is 34.7 Å². The first-order valence-electron chi connectivity index (χ1n) is 3.71. The van der Waals surface area contributed by atoms with Crippen molar-refractivity contribution in [3.05, 3.63) is 0 Å². The summed E-state index contributed by atoms with van der Waals surface area (Å²) in [7, 11) is 0. The van der Waals surface area contributed by atoms with Gasteiger partial charge in [-0.3, -0.25) is 0 Å². The van der Waals surface area contributed by atoms with E-state index in [0.717, 1.165) is 32.5 Å². The van der Waals surface area contributed by atoms with Crippen LogP contribution in [0.3, 0.4) is 0 Å². The van der Waals surface area contributed by atoms with E-state index in [4.69, 9.17) is 0 Å². The zero-order chi connectivity index (χ0) is 6.69. The number of likely N-dealkylation sites (tertiary alicyclic amines) is 1. The second kappa shape index (κ2) is 5.56. The Morgan fingerprint density at radius 2 is 2.30 bits per heavy atom. The maximum absolute atomic E-state index is 10.9. The van der Waals surface area contributed by atoms with Crippen LogP contribution in [-0.2, 0) is 0 Å². The third-order valence-corrected chi connectivity index (χ3v) is 1.91. The molecule has 10 heavy (non-hydrogen) atoms. The van der Waals surface area contributed by atoms with E-state index in [1.54, 1.807) is 0 Å². The molecule has 0 aromatic rings. The quantitative estimate of drug-likeness (QED) is 0.370. The second-order valence-corrected chi connectivity index (χ2v) is 2.66. The summed E-state index contributed by atoms with van der Waals surface area (Å²) in [5.74, 6) is 0. The average molecular weight is 151 g/mol. The molecule has 54 valence electrons. The van der Waals surface area contributed by atoms with E-state index in [0.29, 0.717) is 0 Å². The zero-order valence-corrected chi connectivity index (χ0v) is 8.97. The van der Waals surface area contributed by atoms with Gasteiger partial charge in [0, 0.05) is 0 Å². The van der Waals surface area contributed by atoms with E-state index >= 15 is 0 Å². The van der Waals surface area contributed by atoms with E-state index < -0.39 is 0 Å². The Hall–Kier alpha value is 0.920. The Labute approximate surface area is 84.9 Å². The topological polar surface area (TPSA) is 26.3 Å². The Morgan fingerprint density at radius 1 is 1.60 bits per heavy atom. The van der Waals surface area contributed by atoms with Gasteiger partial charge >= 0.3 is 29.6 Å². The monoisotopic (exact) mass is 151 g/mol. The molecular formula is C7H14NNaO. The van der Waals surface area contributed by atoms with Gasteiger partial charge in [0.25, 0.3) is 0 Å². The van der Waals surface area contributed by atoms with Gasteiger partial charge < -0.3 is 10.0 Å². The van der Waals surface area contributed by atoms with Gasteiger partial charge in [-0.05, 0) is 26.1 Å². The molecule has 1 saturated heterocycles. The molecule has 0 radical (unpaired) electrons. The minimum Gasteiger partial charge on any atom is -0.851 e. The van der Waals surface area contributed by atoms with E-state index in [2.05, 4.69) is 11.8 Å². The molecule has 1 unspecified atom stereocenters. The standard InChI is InChI=1S/C7H14NO.Na/c1-2-8-5-3-4-7(9)6-8;/h7H,2-6H2,1H3;/q-1;+1. The van der Waals surface area contributed by atoms with Crippen molar-refractivity contribution < 1.29 is 34.7 Å². The Kier molecular flexibility index (Phi) is 6.07. The smallest absolute Gasteiger partial charge is 0.851 e. The molecular weight excluding hydrogens is 137 g/mol. The summed E-state index contributed by atoms with van der Waals surface area (Å²) in [5.41, 5.74) is 0. The molecule has 0 N–H and O–H groups in total. The van der Waals surface area contributed by atoms with Crippen LogP contribution in [-0.4, -0.2) is 30.6 Å². The zero-order valence-electron chi connectivity index (χ0n) is 6.97. The molecule has 0 aliphatic carbocycles. The first kappa shape index (κ1) is 10.9. The predicted molar refractivity (Wildman–Crippen MR) is 35.1 cm³/mol. The van der Waals surface area contributed by atoms with Crippen LogP contribution in [0.1, 0.15) is 19.8 Å². The number of likely N-dealkylation sites (N-methyl/N-ethyl adjacent to an activating group) is 1. The van der Waals surface area contributed by atoms with Crippen LogP contribution in [0.15, 0.2) is 0 Å². The van der Waals surface area contributed by atoms with Gasteiger partial charge in [0.1, 0.15) is 0 Å². The van der Waals surface area contributed by atoms with E-state index in [1.807, 2.05) is 0 Å². The third-order valence-electron chi connectivity index (χ3n) is 1.91. The fourth-order valence-electron chi connectivity index (χ4n) is 1.30. The SMILES string of the molecule is CCN1CCCC([O-])C1.[Na+]. The van der Waals surface area contributed by atoms with Crippen molar-refractivity contribution in [2.75, 3.05) is 19.6 Å². The van der Waals surface area contributed by atoms with Gasteiger partial charge in [-0.15, -0.1) is 6.10 Å². The number of hydrogen-bond donors (Lipinski definition) is 0. The molecule has 1 fully saturated rings. The normalized spacial score (nSPS) is 27.6. The van der Waals surface area contributed by atoms with Crippen LogP contribution in [0.5, 0.6) is 0 Å². The molecule has 0 aromatic carbocycles. The molecule has 0 amide bonds. The molecule has 2 nitrogen and oxygen atoms in total. The largest absolute Gasteiger partial charge is 1.00 e. The molecule has 0 aromatic heterocycles. The van der Waals surface area contributed by atoms with E-state index in [9.17, 15) is 5.11 Å². The first-order chi connectivity index (χ1) is 4.33. The number of piperidine rings is 1. The average Bonchev–Trinajstić information content (AvgIpc) is 1.88. The van der Waals surface area contributed by atoms with E-state index in [-0.39, 0.29) is 35.7 Å². The van der Waals surface area contributed by atoms with Crippen LogP contribution >= 0.6 is 0 Å². The molecule has 1 atom stereocenters. The fourth-order valence-corrected chi connectivity index (χ4v) is 1.30. The predicted octanol–water partition coefficient (Wildman–Crippen LogP) is -3.16. The minimum atomic E-state index is -0.307. The second-order valence-electron chi connectivity index (χ2n) is 2.66. The van der Waals surface area contributed by atoms with Crippen molar-refractivity contribution >= 4 is 0 Å². The van der Waals surface area contributed by atoms with Crippen molar-refractivity contribution in [1.82, 2.24) is 4.90 Å². The van der Waals surface area contributed by atoms with Gasteiger partial charge in [-0.2, -0.15) is 0 Å². The molecule has 1 aliphatic rings. The van der Waals surface area contributed by atoms with Gasteiger partial charge in [0.15, 0.2) is 0 Å². The molecule has 1 aliphatic heterocycles. The summed E-state index contributed by atoms with van der Waals surface area (Å²) in [6.45, 7) is 5.06. The minimum absolute atomic E-state index is 0. The number of hydrogen-bond acceptors (Lipinski definition) is 2. The van der Waals surface area contributed by atoms with Gasteiger partial charge in [-0.1, -0.05) is 13.3 Å². The van der Waals surface area contributed by atoms with Crippen LogP contribution in [0.4, 0.5) is 0 Å². The molecule has 0 spiro atoms. The molecule has 3 heteroatoms. The van der Waals surface area contributed by atoms with Crippen LogP contribution in [0.25, 0.3) is 0 Å². The van der Waals surface area contributed by atoms with Gasteiger partial charge in [0.05, 0.1) is 0 Å². The summed E-state index contributed by atoms with van der Waals surface area (Å²) in [5, 5.41) is 10.9. The van der Waals surface area contributed by atoms with Gasteiger partial charge in [-0.25, -0.2) is 0 Å². The molecule has 1 rings (SSSR count). The Bertz CT molecular complexity index is 89.7. The van der Waals surface area contributed by atoms with Crippen LogP contribution in [0.2, 0.25) is 0 Å². The molecule has 1 heterocycles. The summed E-state index contributed by atoms with van der Waals surface area (Å²) < 4.78 is 0. The summed E-state index contributed by atoms with van der Waals surface area (Å²) in [6.07, 6.45) is 1.68. The fraction of sp³-hybridized carbons (Fsp3) is 1.00. The molecule has 0 saturated carbocycles. The number of nitrogens with zero attached hydrogens (tertiary/aromatic N) is 1. The van der Waals surface area contributed by atoms with Crippen molar-refractivity contribution in [1.29, 1.82) is 0 Å². The van der Waals surface area contributed by atoms with Crippen LogP contribution in [0, 0.1) is 0 Å². The van der Waals surface area contributed by atoms with E-state index in [1.165, 1.54) is 0 Å². The summed E-state index contributed by atoms with van der Waals surface area (Å²) in [4.78, 5) is 2.22. The Morgan fingerprint density at radius 3 is 2.70 bits per heavy atom. The Balaban J connectivity index is 0.000000810. The van der Waals surface area contributed by atoms with Crippen molar-refractivity contribution in [3.8, 4) is 0 Å². The molecule has 0 bridgehead atoms. The maximum atomic E-state index is 10.9. The van der Waals surface area contributed by atoms with Gasteiger partial charge in [0.2, 0.25) is 0 Å². The van der Waals surface area contributed by atoms with Crippen molar-refractivity contribution in [2.45, 2.75) is 25.9 Å². The summed E-state index contributed by atoms with van der Waals surface area (Å²) >= 11 is 0. The van der Waals surface area contributed by atoms with Crippen molar-refractivity contribution in [2.24, 2.45) is 0 Å². The first-order valence-corrected chi connectivity index (χ1v) is 3.71. The number of rotatable bonds is 1.